The molecule has 1 fully saturated rings. The number of carboxylic acid groups (broad SMARTS) is 1. The van der Waals surface area contributed by atoms with E-state index in [9.17, 15) is 14.7 Å². The fourth-order valence-corrected chi connectivity index (χ4v) is 3.92. The first-order valence-electron chi connectivity index (χ1n) is 12.0. The van der Waals surface area contributed by atoms with Crippen molar-refractivity contribution in [3.05, 3.63) is 0 Å². The first kappa shape index (κ1) is 29.9. The quantitative estimate of drug-likeness (QED) is 0.282. The highest BCUT2D eigenvalue weighted by Crippen LogP contribution is 2.45. The molecule has 0 spiro atoms. The van der Waals surface area contributed by atoms with E-state index in [1.807, 2.05) is 55.4 Å². The van der Waals surface area contributed by atoms with Crippen LogP contribution in [0.2, 0.25) is 0 Å². The second kappa shape index (κ2) is 12.2. The number of hydrogen-bond donors (Lipinski definition) is 1. The maximum atomic E-state index is 12.2. The number of hydrogen-bond acceptors (Lipinski definition) is 5. The lowest BCUT2D eigenvalue weighted by Crippen LogP contribution is -2.62. The predicted octanol–water partition coefficient (Wildman–Crippen LogP) is 6.70. The van der Waals surface area contributed by atoms with Crippen LogP contribution in [0.5, 0.6) is 0 Å². The summed E-state index contributed by atoms with van der Waals surface area (Å²) in [7, 11) is 0. The van der Waals surface area contributed by atoms with Crippen LogP contribution in [0.1, 0.15) is 121 Å². The summed E-state index contributed by atoms with van der Waals surface area (Å²) in [4.78, 5) is 33.8. The zero-order chi connectivity index (χ0) is 24.5. The van der Waals surface area contributed by atoms with E-state index in [0.717, 1.165) is 38.5 Å². The monoisotopic (exact) mass is 444 g/mol. The van der Waals surface area contributed by atoms with E-state index in [-0.39, 0.29) is 17.5 Å². The minimum Gasteiger partial charge on any atom is -0.481 e. The van der Waals surface area contributed by atoms with Crippen molar-refractivity contribution in [3.63, 3.8) is 0 Å². The van der Waals surface area contributed by atoms with E-state index < -0.39 is 22.6 Å². The zero-order valence-corrected chi connectivity index (χ0v) is 21.7. The molecule has 6 heteroatoms. The van der Waals surface area contributed by atoms with Gasteiger partial charge < -0.3 is 9.84 Å². The van der Waals surface area contributed by atoms with Gasteiger partial charge in [-0.25, -0.2) is 14.6 Å². The number of aliphatic carboxylic acids is 1. The van der Waals surface area contributed by atoms with Gasteiger partial charge in [0.05, 0.1) is 5.41 Å². The molecule has 0 bridgehead atoms. The molecule has 1 aliphatic heterocycles. The van der Waals surface area contributed by atoms with Crippen molar-refractivity contribution < 1.29 is 29.2 Å². The van der Waals surface area contributed by atoms with Gasteiger partial charge in [0.1, 0.15) is 11.7 Å². The number of carboxylic acids is 1. The number of esters is 1. The fraction of sp³-hybridized carbons (Fsp3) is 0.920. The summed E-state index contributed by atoms with van der Waals surface area (Å²) in [5.41, 5.74) is -2.05. The molecule has 3 unspecified atom stereocenters. The minimum atomic E-state index is -0.886. The van der Waals surface area contributed by atoms with Crippen LogP contribution in [0.15, 0.2) is 0 Å². The van der Waals surface area contributed by atoms with Gasteiger partial charge in [0.2, 0.25) is 5.60 Å². The topological polar surface area (TPSA) is 82.1 Å². The van der Waals surface area contributed by atoms with Crippen molar-refractivity contribution in [2.24, 2.45) is 10.8 Å². The van der Waals surface area contributed by atoms with Gasteiger partial charge in [0.15, 0.2) is 0 Å². The van der Waals surface area contributed by atoms with Gasteiger partial charge >= 0.3 is 11.9 Å². The summed E-state index contributed by atoms with van der Waals surface area (Å²) >= 11 is 0. The summed E-state index contributed by atoms with van der Waals surface area (Å²) in [6, 6.07) is 0. The van der Waals surface area contributed by atoms with Crippen LogP contribution in [0.25, 0.3) is 0 Å². The average molecular weight is 445 g/mol. The van der Waals surface area contributed by atoms with Gasteiger partial charge in [-0.2, -0.15) is 0 Å². The Labute approximate surface area is 190 Å². The summed E-state index contributed by atoms with van der Waals surface area (Å²) in [5, 5.41) is 9.39. The SMILES string of the molecule is CCCC1OOC1(CC)C(=O)OC(C)(C)CC.CCCCC(CC)(C(=O)O)C(C)(C)C. The lowest BCUT2D eigenvalue weighted by Gasteiger charge is -2.45. The van der Waals surface area contributed by atoms with Crippen LogP contribution in [-0.2, 0) is 24.1 Å². The van der Waals surface area contributed by atoms with Gasteiger partial charge in [-0.1, -0.05) is 74.7 Å². The Bertz CT molecular complexity index is 561. The summed E-state index contributed by atoms with van der Waals surface area (Å²) in [6.07, 6.45) is 6.52. The Morgan fingerprint density at radius 1 is 0.968 bits per heavy atom. The predicted molar refractivity (Wildman–Crippen MR) is 124 cm³/mol. The van der Waals surface area contributed by atoms with Gasteiger partial charge in [0.25, 0.3) is 0 Å². The van der Waals surface area contributed by atoms with Gasteiger partial charge in [-0.15, -0.1) is 0 Å². The van der Waals surface area contributed by atoms with E-state index >= 15 is 0 Å². The number of unbranched alkanes of at least 4 members (excludes halogenated alkanes) is 1. The third-order valence-corrected chi connectivity index (χ3v) is 6.88. The van der Waals surface area contributed by atoms with Gasteiger partial charge in [0, 0.05) is 0 Å². The number of carbonyl (C=O) groups excluding carboxylic acids is 1. The highest BCUT2D eigenvalue weighted by atomic mass is 17.3. The molecule has 3 atom stereocenters. The summed E-state index contributed by atoms with van der Waals surface area (Å²) < 4.78 is 5.52. The molecule has 1 saturated heterocycles. The van der Waals surface area contributed by atoms with Crippen molar-refractivity contribution >= 4 is 11.9 Å². The first-order valence-corrected chi connectivity index (χ1v) is 12.0. The van der Waals surface area contributed by atoms with Crippen LogP contribution < -0.4 is 0 Å². The first-order chi connectivity index (χ1) is 14.2. The Balaban J connectivity index is 0.000000594. The Hall–Kier alpha value is -1.14. The number of ether oxygens (including phenoxy) is 1. The van der Waals surface area contributed by atoms with E-state index in [1.165, 1.54) is 0 Å². The van der Waals surface area contributed by atoms with E-state index in [1.54, 1.807) is 0 Å². The van der Waals surface area contributed by atoms with Crippen LogP contribution in [0.3, 0.4) is 0 Å². The highest BCUT2D eigenvalue weighted by molar-refractivity contribution is 5.81. The molecule has 0 saturated carbocycles. The third-order valence-electron chi connectivity index (χ3n) is 6.88. The summed E-state index contributed by atoms with van der Waals surface area (Å²) in [5.74, 6) is -0.933. The Morgan fingerprint density at radius 2 is 1.55 bits per heavy atom. The normalized spacial score (nSPS) is 23.1. The molecular weight excluding hydrogens is 396 g/mol. The molecule has 0 radical (unpaired) electrons. The second-order valence-corrected chi connectivity index (χ2v) is 10.3. The van der Waals surface area contributed by atoms with E-state index in [0.29, 0.717) is 12.8 Å². The van der Waals surface area contributed by atoms with Gasteiger partial charge in [-0.3, -0.25) is 4.79 Å². The van der Waals surface area contributed by atoms with Crippen molar-refractivity contribution in [1.82, 2.24) is 0 Å². The van der Waals surface area contributed by atoms with E-state index in [2.05, 4.69) is 13.8 Å². The maximum Gasteiger partial charge on any atom is 0.345 e. The molecule has 1 rings (SSSR count). The second-order valence-electron chi connectivity index (χ2n) is 10.3. The Kier molecular flexibility index (Phi) is 11.7. The molecule has 0 aromatic heterocycles. The molecule has 1 aliphatic rings. The maximum absolute atomic E-state index is 12.2. The fourth-order valence-electron chi connectivity index (χ4n) is 3.92. The largest absolute Gasteiger partial charge is 0.481 e. The van der Waals surface area contributed by atoms with Crippen molar-refractivity contribution in [2.45, 2.75) is 138 Å². The molecule has 1 N–H and O–H groups in total. The lowest BCUT2D eigenvalue weighted by molar-refractivity contribution is -0.499. The Morgan fingerprint density at radius 3 is 1.84 bits per heavy atom. The molecule has 0 aliphatic carbocycles. The molecule has 0 aromatic rings. The van der Waals surface area contributed by atoms with Crippen LogP contribution in [-0.4, -0.2) is 34.4 Å². The standard InChI is InChI=1S/C13H24O4.C12H24O2/c1-6-9-10-13(8-3,17-16-10)11(14)15-12(4,5)7-2;1-6-8-9-12(7-2,10(13)14)11(3,4)5/h10H,6-9H2,1-5H3;6-9H2,1-5H3,(H,13,14). The highest BCUT2D eigenvalue weighted by Gasteiger charge is 2.58. The van der Waals surface area contributed by atoms with Crippen molar-refractivity contribution in [3.8, 4) is 0 Å². The third kappa shape index (κ3) is 7.18. The van der Waals surface area contributed by atoms with E-state index in [4.69, 9.17) is 14.5 Å². The van der Waals surface area contributed by atoms with Crippen molar-refractivity contribution in [1.29, 1.82) is 0 Å². The zero-order valence-electron chi connectivity index (χ0n) is 21.7. The molecule has 0 amide bonds. The molecule has 184 valence electrons. The molecule has 1 heterocycles. The molecular formula is C25H48O6. The number of carbonyl (C=O) groups is 2. The number of rotatable bonds is 11. The van der Waals surface area contributed by atoms with Crippen LogP contribution in [0, 0.1) is 10.8 Å². The smallest absolute Gasteiger partial charge is 0.345 e. The van der Waals surface area contributed by atoms with Crippen molar-refractivity contribution in [2.75, 3.05) is 0 Å². The van der Waals surface area contributed by atoms with Gasteiger partial charge in [-0.05, 0) is 51.4 Å². The average Bonchev–Trinajstić information content (AvgIpc) is 2.66. The van der Waals surface area contributed by atoms with Crippen LogP contribution in [0.4, 0.5) is 0 Å². The van der Waals surface area contributed by atoms with Crippen LogP contribution >= 0.6 is 0 Å². The minimum absolute atomic E-state index is 0.164. The lowest BCUT2D eigenvalue weighted by atomic mass is 9.62. The summed E-state index contributed by atoms with van der Waals surface area (Å²) in [6.45, 7) is 20.0. The molecule has 31 heavy (non-hydrogen) atoms. The molecule has 6 nitrogen and oxygen atoms in total. The molecule has 0 aromatic carbocycles.